The van der Waals surface area contributed by atoms with Crippen molar-refractivity contribution >= 4 is 5.91 Å². The number of carbonyl (C=O) groups is 1. The van der Waals surface area contributed by atoms with Crippen molar-refractivity contribution in [3.05, 3.63) is 24.2 Å². The molecule has 0 aromatic carbocycles. The molecule has 15 heavy (non-hydrogen) atoms. The predicted octanol–water partition coefficient (Wildman–Crippen LogP) is 2.37. The monoisotopic (exact) mass is 209 g/mol. The van der Waals surface area contributed by atoms with Gasteiger partial charge in [0, 0.05) is 17.9 Å². The Morgan fingerprint density at radius 2 is 2.20 bits per heavy atom. The van der Waals surface area contributed by atoms with E-state index in [0.717, 1.165) is 12.2 Å². The highest BCUT2D eigenvalue weighted by atomic mass is 16.3. The fraction of sp³-hybridized carbons (Fsp3) is 0.583. The highest BCUT2D eigenvalue weighted by Crippen LogP contribution is 2.13. The number of hydrogen-bond donors (Lipinski definition) is 1. The predicted molar refractivity (Wildman–Crippen MR) is 59.5 cm³/mol. The van der Waals surface area contributed by atoms with Crippen LogP contribution in [0.4, 0.5) is 0 Å². The van der Waals surface area contributed by atoms with Crippen molar-refractivity contribution < 1.29 is 9.21 Å². The Hall–Kier alpha value is -1.25. The Morgan fingerprint density at radius 1 is 1.53 bits per heavy atom. The molecule has 0 saturated carbocycles. The molecule has 0 aliphatic heterocycles. The lowest BCUT2D eigenvalue weighted by atomic mass is 9.95. The second kappa shape index (κ2) is 4.51. The minimum atomic E-state index is -0.336. The van der Waals surface area contributed by atoms with E-state index in [4.69, 9.17) is 4.42 Å². The van der Waals surface area contributed by atoms with E-state index < -0.39 is 0 Å². The molecule has 0 aliphatic rings. The first-order chi connectivity index (χ1) is 6.89. The van der Waals surface area contributed by atoms with Crippen LogP contribution < -0.4 is 5.32 Å². The van der Waals surface area contributed by atoms with Crippen molar-refractivity contribution in [2.75, 3.05) is 0 Å². The van der Waals surface area contributed by atoms with Crippen LogP contribution in [0, 0.1) is 5.41 Å². The van der Waals surface area contributed by atoms with E-state index in [9.17, 15) is 4.79 Å². The van der Waals surface area contributed by atoms with Crippen molar-refractivity contribution in [3.63, 3.8) is 0 Å². The summed E-state index contributed by atoms with van der Waals surface area (Å²) < 4.78 is 5.22. The van der Waals surface area contributed by atoms with Crippen LogP contribution in [0.1, 0.15) is 33.5 Å². The topological polar surface area (TPSA) is 42.2 Å². The zero-order valence-corrected chi connectivity index (χ0v) is 9.83. The summed E-state index contributed by atoms with van der Waals surface area (Å²) in [7, 11) is 0. The number of hydrogen-bond acceptors (Lipinski definition) is 2. The third-order valence-electron chi connectivity index (χ3n) is 2.15. The summed E-state index contributed by atoms with van der Waals surface area (Å²) in [6.45, 7) is 7.69. The molecule has 0 unspecified atom stereocenters. The van der Waals surface area contributed by atoms with Crippen LogP contribution in [-0.4, -0.2) is 11.9 Å². The van der Waals surface area contributed by atoms with Crippen molar-refractivity contribution in [3.8, 4) is 0 Å². The Bertz CT molecular complexity index is 309. The van der Waals surface area contributed by atoms with Crippen LogP contribution >= 0.6 is 0 Å². The van der Waals surface area contributed by atoms with Crippen LogP contribution in [0.15, 0.2) is 22.8 Å². The minimum Gasteiger partial charge on any atom is -0.469 e. The van der Waals surface area contributed by atoms with Crippen LogP contribution in [0.5, 0.6) is 0 Å². The molecule has 3 heteroatoms. The first kappa shape index (κ1) is 11.8. The quantitative estimate of drug-likeness (QED) is 0.830. The lowest BCUT2D eigenvalue weighted by Gasteiger charge is -2.21. The first-order valence-corrected chi connectivity index (χ1v) is 5.23. The second-order valence-electron chi connectivity index (χ2n) is 4.91. The molecular formula is C12H19NO2. The van der Waals surface area contributed by atoms with E-state index >= 15 is 0 Å². The van der Waals surface area contributed by atoms with Gasteiger partial charge in [-0.25, -0.2) is 0 Å². The van der Waals surface area contributed by atoms with E-state index in [0.29, 0.717) is 0 Å². The molecular weight excluding hydrogens is 190 g/mol. The standard InChI is InChI=1S/C12H19NO2/c1-9(8-10-6-5-7-15-10)13-11(14)12(2,3)4/h5-7,9H,8H2,1-4H3,(H,13,14)/t9-/m0/s1. The van der Waals surface area contributed by atoms with Crippen LogP contribution in [0.2, 0.25) is 0 Å². The Balaban J connectivity index is 2.43. The van der Waals surface area contributed by atoms with E-state index in [1.807, 2.05) is 39.8 Å². The van der Waals surface area contributed by atoms with Crippen molar-refractivity contribution in [2.24, 2.45) is 5.41 Å². The maximum absolute atomic E-state index is 11.7. The summed E-state index contributed by atoms with van der Waals surface area (Å²) in [6.07, 6.45) is 2.38. The van der Waals surface area contributed by atoms with Crippen molar-refractivity contribution in [1.29, 1.82) is 0 Å². The SMILES string of the molecule is C[C@@H](Cc1ccco1)NC(=O)C(C)(C)C. The summed E-state index contributed by atoms with van der Waals surface area (Å²) in [6, 6.07) is 3.87. The summed E-state index contributed by atoms with van der Waals surface area (Å²) in [5.41, 5.74) is -0.336. The third kappa shape index (κ3) is 3.78. The lowest BCUT2D eigenvalue weighted by Crippen LogP contribution is -2.41. The zero-order valence-electron chi connectivity index (χ0n) is 9.83. The number of furan rings is 1. The molecule has 0 aliphatic carbocycles. The van der Waals surface area contributed by atoms with Gasteiger partial charge in [-0.15, -0.1) is 0 Å². The molecule has 1 heterocycles. The lowest BCUT2D eigenvalue weighted by molar-refractivity contribution is -0.129. The molecule has 0 radical (unpaired) electrons. The summed E-state index contributed by atoms with van der Waals surface area (Å²) >= 11 is 0. The molecule has 0 saturated heterocycles. The van der Waals surface area contributed by atoms with Gasteiger partial charge in [-0.3, -0.25) is 4.79 Å². The normalized spacial score (nSPS) is 13.6. The summed E-state index contributed by atoms with van der Waals surface area (Å²) in [5.74, 6) is 0.971. The van der Waals surface area contributed by atoms with Crippen molar-refractivity contribution in [2.45, 2.75) is 40.2 Å². The van der Waals surface area contributed by atoms with Crippen LogP contribution in [0.25, 0.3) is 0 Å². The van der Waals surface area contributed by atoms with Gasteiger partial charge >= 0.3 is 0 Å². The smallest absolute Gasteiger partial charge is 0.225 e. The van der Waals surface area contributed by atoms with Crippen LogP contribution in [-0.2, 0) is 11.2 Å². The average molecular weight is 209 g/mol. The molecule has 1 atom stereocenters. The molecule has 1 amide bonds. The Labute approximate surface area is 90.9 Å². The second-order valence-corrected chi connectivity index (χ2v) is 4.91. The summed E-state index contributed by atoms with van der Waals surface area (Å²) in [5, 5.41) is 2.96. The number of amides is 1. The minimum absolute atomic E-state index is 0.0709. The molecule has 1 aromatic rings. The number of nitrogens with one attached hydrogen (secondary N) is 1. The molecule has 84 valence electrons. The molecule has 3 nitrogen and oxygen atoms in total. The van der Waals surface area contributed by atoms with Gasteiger partial charge in [0.2, 0.25) is 5.91 Å². The van der Waals surface area contributed by atoms with Gasteiger partial charge in [0.1, 0.15) is 5.76 Å². The van der Waals surface area contributed by atoms with Crippen molar-refractivity contribution in [1.82, 2.24) is 5.32 Å². The number of rotatable bonds is 3. The first-order valence-electron chi connectivity index (χ1n) is 5.23. The van der Waals surface area contributed by atoms with E-state index in [-0.39, 0.29) is 17.4 Å². The van der Waals surface area contributed by atoms with Gasteiger partial charge in [-0.1, -0.05) is 20.8 Å². The molecule has 1 aromatic heterocycles. The zero-order chi connectivity index (χ0) is 11.5. The highest BCUT2D eigenvalue weighted by molar-refractivity contribution is 5.81. The van der Waals surface area contributed by atoms with Gasteiger partial charge in [-0.05, 0) is 19.1 Å². The molecule has 1 rings (SSSR count). The van der Waals surface area contributed by atoms with Gasteiger partial charge in [0.25, 0.3) is 0 Å². The molecule has 0 spiro atoms. The Kier molecular flexibility index (Phi) is 3.56. The van der Waals surface area contributed by atoms with E-state index in [2.05, 4.69) is 5.32 Å². The van der Waals surface area contributed by atoms with Crippen LogP contribution in [0.3, 0.4) is 0 Å². The fourth-order valence-electron chi connectivity index (χ4n) is 1.22. The van der Waals surface area contributed by atoms with Gasteiger partial charge in [-0.2, -0.15) is 0 Å². The highest BCUT2D eigenvalue weighted by Gasteiger charge is 2.22. The summed E-state index contributed by atoms with van der Waals surface area (Å²) in [4.78, 5) is 11.7. The number of carbonyl (C=O) groups excluding carboxylic acids is 1. The molecule has 1 N–H and O–H groups in total. The maximum atomic E-state index is 11.7. The van der Waals surface area contributed by atoms with Gasteiger partial charge < -0.3 is 9.73 Å². The molecule has 0 bridgehead atoms. The van der Waals surface area contributed by atoms with Gasteiger partial charge in [0.05, 0.1) is 6.26 Å². The largest absolute Gasteiger partial charge is 0.469 e. The maximum Gasteiger partial charge on any atom is 0.225 e. The average Bonchev–Trinajstić information content (AvgIpc) is 2.54. The fourth-order valence-corrected chi connectivity index (χ4v) is 1.22. The Morgan fingerprint density at radius 3 is 2.67 bits per heavy atom. The van der Waals surface area contributed by atoms with E-state index in [1.165, 1.54) is 0 Å². The third-order valence-corrected chi connectivity index (χ3v) is 2.15. The van der Waals surface area contributed by atoms with E-state index in [1.54, 1.807) is 6.26 Å². The molecule has 0 fully saturated rings. The van der Waals surface area contributed by atoms with Gasteiger partial charge in [0.15, 0.2) is 0 Å².